The largest absolute Gasteiger partial charge is 0.368 e. The molecule has 4 rings (SSSR count). The molecule has 2 aliphatic heterocycles. The van der Waals surface area contributed by atoms with Crippen LogP contribution < -0.4 is 9.80 Å². The van der Waals surface area contributed by atoms with Gasteiger partial charge in [-0.15, -0.1) is 0 Å². The van der Waals surface area contributed by atoms with E-state index in [9.17, 15) is 9.18 Å². The minimum atomic E-state index is -0.235. The van der Waals surface area contributed by atoms with Crippen LogP contribution in [0.4, 0.5) is 15.9 Å². The van der Waals surface area contributed by atoms with Crippen LogP contribution in [-0.4, -0.2) is 60.0 Å². The van der Waals surface area contributed by atoms with Crippen LogP contribution >= 0.6 is 0 Å². The van der Waals surface area contributed by atoms with E-state index in [0.717, 1.165) is 37.7 Å². The second-order valence-corrected chi connectivity index (χ2v) is 7.06. The third-order valence-corrected chi connectivity index (χ3v) is 5.31. The lowest BCUT2D eigenvalue weighted by Crippen LogP contribution is -2.49. The van der Waals surface area contributed by atoms with Gasteiger partial charge in [0.05, 0.1) is 0 Å². The molecule has 7 heteroatoms. The maximum absolute atomic E-state index is 13.1. The van der Waals surface area contributed by atoms with Gasteiger partial charge in [-0.2, -0.15) is 0 Å². The van der Waals surface area contributed by atoms with E-state index in [1.54, 1.807) is 12.1 Å². The zero-order chi connectivity index (χ0) is 18.6. The quantitative estimate of drug-likeness (QED) is 0.832. The van der Waals surface area contributed by atoms with Gasteiger partial charge in [0.15, 0.2) is 0 Å². The monoisotopic (exact) mass is 369 g/mol. The Balaban J connectivity index is 1.39. The molecule has 1 aromatic carbocycles. The molecular weight excluding hydrogens is 345 g/mol. The zero-order valence-corrected chi connectivity index (χ0v) is 15.4. The molecule has 2 saturated heterocycles. The van der Waals surface area contributed by atoms with Crippen molar-refractivity contribution in [2.45, 2.75) is 19.3 Å². The van der Waals surface area contributed by atoms with Crippen molar-refractivity contribution in [3.8, 4) is 0 Å². The Bertz CT molecular complexity index is 783. The molecule has 0 N–H and O–H groups in total. The molecule has 2 aromatic rings. The number of benzene rings is 1. The van der Waals surface area contributed by atoms with Crippen LogP contribution in [0.5, 0.6) is 0 Å². The first kappa shape index (κ1) is 17.7. The summed E-state index contributed by atoms with van der Waals surface area (Å²) in [5, 5.41) is 0. The third-order valence-electron chi connectivity index (χ3n) is 5.31. The molecule has 0 bridgehead atoms. The van der Waals surface area contributed by atoms with E-state index in [1.165, 1.54) is 37.7 Å². The van der Waals surface area contributed by atoms with Gasteiger partial charge in [-0.1, -0.05) is 0 Å². The van der Waals surface area contributed by atoms with Gasteiger partial charge in [0.25, 0.3) is 5.91 Å². The number of carbonyl (C=O) groups is 1. The molecule has 1 amide bonds. The second-order valence-electron chi connectivity index (χ2n) is 7.06. The summed E-state index contributed by atoms with van der Waals surface area (Å²) in [5.74, 6) is 0.563. The number of nitrogens with zero attached hydrogens (tertiary/aromatic N) is 5. The average molecular weight is 369 g/mol. The van der Waals surface area contributed by atoms with E-state index in [-0.39, 0.29) is 11.7 Å². The summed E-state index contributed by atoms with van der Waals surface area (Å²) in [5.41, 5.74) is 1.44. The normalized spacial score (nSPS) is 17.9. The molecule has 0 spiro atoms. The van der Waals surface area contributed by atoms with E-state index in [0.29, 0.717) is 18.8 Å². The highest BCUT2D eigenvalue weighted by atomic mass is 19.1. The molecule has 0 radical (unpaired) electrons. The summed E-state index contributed by atoms with van der Waals surface area (Å²) in [4.78, 5) is 27.7. The van der Waals surface area contributed by atoms with Crippen LogP contribution in [0, 0.1) is 5.82 Å². The van der Waals surface area contributed by atoms with Crippen molar-refractivity contribution in [2.24, 2.45) is 0 Å². The van der Waals surface area contributed by atoms with Crippen LogP contribution in [0.25, 0.3) is 0 Å². The lowest BCUT2D eigenvalue weighted by atomic mass is 10.1. The van der Waals surface area contributed by atoms with E-state index in [1.807, 2.05) is 11.0 Å². The van der Waals surface area contributed by atoms with Crippen molar-refractivity contribution in [3.05, 3.63) is 48.2 Å². The van der Waals surface area contributed by atoms with Crippen molar-refractivity contribution < 1.29 is 9.18 Å². The Hall–Kier alpha value is -2.70. The van der Waals surface area contributed by atoms with Gasteiger partial charge in [0, 0.05) is 51.0 Å². The minimum Gasteiger partial charge on any atom is -0.368 e. The van der Waals surface area contributed by atoms with E-state index < -0.39 is 0 Å². The predicted octanol–water partition coefficient (Wildman–Crippen LogP) is 2.57. The van der Waals surface area contributed by atoms with Gasteiger partial charge in [0.2, 0.25) is 0 Å². The van der Waals surface area contributed by atoms with Gasteiger partial charge in [-0.05, 0) is 43.5 Å². The lowest BCUT2D eigenvalue weighted by Gasteiger charge is -2.36. The number of piperazine rings is 1. The molecule has 2 fully saturated rings. The van der Waals surface area contributed by atoms with Gasteiger partial charge >= 0.3 is 0 Å². The standard InChI is InChI=1S/C20H24FN5O/c21-16-4-6-17(7-5-16)24-10-12-26(13-11-24)20(27)18-14-19(23-15-22-18)25-8-2-1-3-9-25/h4-7,14-15H,1-3,8-13H2. The highest BCUT2D eigenvalue weighted by Crippen LogP contribution is 2.20. The molecule has 3 heterocycles. The first-order valence-electron chi connectivity index (χ1n) is 9.57. The first-order chi connectivity index (χ1) is 13.2. The van der Waals surface area contributed by atoms with E-state index >= 15 is 0 Å². The molecular formula is C20H24FN5O. The van der Waals surface area contributed by atoms with Crippen LogP contribution in [0.2, 0.25) is 0 Å². The van der Waals surface area contributed by atoms with Crippen molar-refractivity contribution in [2.75, 3.05) is 49.1 Å². The lowest BCUT2D eigenvalue weighted by molar-refractivity contribution is 0.0740. The Morgan fingerprint density at radius 3 is 2.26 bits per heavy atom. The summed E-state index contributed by atoms with van der Waals surface area (Å²) in [6, 6.07) is 8.32. The minimum absolute atomic E-state index is 0.0468. The molecule has 2 aliphatic rings. The van der Waals surface area contributed by atoms with Gasteiger partial charge < -0.3 is 14.7 Å². The number of amides is 1. The van der Waals surface area contributed by atoms with Crippen LogP contribution in [0.15, 0.2) is 36.7 Å². The van der Waals surface area contributed by atoms with Crippen LogP contribution in [0.1, 0.15) is 29.8 Å². The van der Waals surface area contributed by atoms with Crippen LogP contribution in [0.3, 0.4) is 0 Å². The summed E-state index contributed by atoms with van der Waals surface area (Å²) >= 11 is 0. The number of hydrogen-bond donors (Lipinski definition) is 0. The van der Waals surface area contributed by atoms with Crippen molar-refractivity contribution in [1.29, 1.82) is 0 Å². The maximum atomic E-state index is 13.1. The number of piperidine rings is 1. The number of anilines is 2. The molecule has 1 aromatic heterocycles. The van der Waals surface area contributed by atoms with Gasteiger partial charge in [-0.25, -0.2) is 14.4 Å². The van der Waals surface area contributed by atoms with Crippen molar-refractivity contribution in [1.82, 2.24) is 14.9 Å². The molecule has 0 atom stereocenters. The van der Waals surface area contributed by atoms with Gasteiger partial charge in [-0.3, -0.25) is 4.79 Å². The fourth-order valence-electron chi connectivity index (χ4n) is 3.74. The second kappa shape index (κ2) is 7.90. The topological polar surface area (TPSA) is 52.6 Å². The SMILES string of the molecule is O=C(c1cc(N2CCCCC2)ncn1)N1CCN(c2ccc(F)cc2)CC1. The summed E-state index contributed by atoms with van der Waals surface area (Å²) in [7, 11) is 0. The fourth-order valence-corrected chi connectivity index (χ4v) is 3.74. The summed E-state index contributed by atoms with van der Waals surface area (Å²) in [6.45, 7) is 4.67. The fraction of sp³-hybridized carbons (Fsp3) is 0.450. The summed E-state index contributed by atoms with van der Waals surface area (Å²) < 4.78 is 13.1. The highest BCUT2D eigenvalue weighted by molar-refractivity contribution is 5.93. The number of rotatable bonds is 3. The predicted molar refractivity (Wildman–Crippen MR) is 103 cm³/mol. The van der Waals surface area contributed by atoms with Crippen molar-refractivity contribution >= 4 is 17.4 Å². The Kier molecular flexibility index (Phi) is 5.18. The van der Waals surface area contributed by atoms with Gasteiger partial charge in [0.1, 0.15) is 23.7 Å². The number of carbonyl (C=O) groups excluding carboxylic acids is 1. The zero-order valence-electron chi connectivity index (χ0n) is 15.4. The van der Waals surface area contributed by atoms with Crippen LogP contribution in [-0.2, 0) is 0 Å². The maximum Gasteiger partial charge on any atom is 0.272 e. The molecule has 0 aliphatic carbocycles. The molecule has 142 valence electrons. The first-order valence-corrected chi connectivity index (χ1v) is 9.57. The molecule has 0 unspecified atom stereocenters. The van der Waals surface area contributed by atoms with Crippen molar-refractivity contribution in [3.63, 3.8) is 0 Å². The number of aromatic nitrogens is 2. The number of halogens is 1. The molecule has 27 heavy (non-hydrogen) atoms. The smallest absolute Gasteiger partial charge is 0.272 e. The third kappa shape index (κ3) is 4.02. The Morgan fingerprint density at radius 1 is 0.852 bits per heavy atom. The molecule has 6 nitrogen and oxygen atoms in total. The molecule has 0 saturated carbocycles. The summed E-state index contributed by atoms with van der Waals surface area (Å²) in [6.07, 6.45) is 5.08. The highest BCUT2D eigenvalue weighted by Gasteiger charge is 2.24. The number of hydrogen-bond acceptors (Lipinski definition) is 5. The average Bonchev–Trinajstić information content (AvgIpc) is 2.75. The van der Waals surface area contributed by atoms with E-state index in [4.69, 9.17) is 0 Å². The Morgan fingerprint density at radius 2 is 1.56 bits per heavy atom. The van der Waals surface area contributed by atoms with E-state index in [2.05, 4.69) is 19.8 Å². The Labute approximate surface area is 158 Å².